The van der Waals surface area contributed by atoms with Crippen molar-refractivity contribution in [2.45, 2.75) is 19.9 Å². The van der Waals surface area contributed by atoms with Gasteiger partial charge in [-0.3, -0.25) is 9.69 Å². The molecule has 126 valence electrons. The van der Waals surface area contributed by atoms with Crippen LogP contribution in [0.15, 0.2) is 18.2 Å². The minimum absolute atomic E-state index is 0.0166. The molecule has 0 bridgehead atoms. The molecule has 6 heteroatoms. The van der Waals surface area contributed by atoms with Gasteiger partial charge in [0.2, 0.25) is 12.7 Å². The first kappa shape index (κ1) is 16.1. The van der Waals surface area contributed by atoms with Crippen LogP contribution >= 0.6 is 0 Å². The first-order valence-electron chi connectivity index (χ1n) is 8.14. The van der Waals surface area contributed by atoms with Gasteiger partial charge >= 0.3 is 0 Å². The van der Waals surface area contributed by atoms with Gasteiger partial charge in [0.15, 0.2) is 11.5 Å². The highest BCUT2D eigenvalue weighted by Gasteiger charge is 2.25. The predicted molar refractivity (Wildman–Crippen MR) is 85.5 cm³/mol. The van der Waals surface area contributed by atoms with Gasteiger partial charge in [0.1, 0.15) is 0 Å². The number of nitrogens with zero attached hydrogens (tertiary/aromatic N) is 1. The van der Waals surface area contributed by atoms with Gasteiger partial charge in [-0.05, 0) is 17.7 Å². The predicted octanol–water partition coefficient (Wildman–Crippen LogP) is 1.56. The number of hydrogen-bond donors (Lipinski definition) is 1. The van der Waals surface area contributed by atoms with Crippen molar-refractivity contribution in [1.82, 2.24) is 10.2 Å². The number of hydrogen-bond acceptors (Lipinski definition) is 5. The quantitative estimate of drug-likeness (QED) is 0.892. The number of nitrogens with one attached hydrogen (secondary N) is 1. The molecule has 2 aliphatic rings. The van der Waals surface area contributed by atoms with Gasteiger partial charge in [0.05, 0.1) is 19.3 Å². The fourth-order valence-corrected chi connectivity index (χ4v) is 2.87. The number of rotatable bonds is 5. The summed E-state index contributed by atoms with van der Waals surface area (Å²) in [4.78, 5) is 14.3. The fraction of sp³-hybridized carbons (Fsp3) is 0.588. The minimum Gasteiger partial charge on any atom is -0.454 e. The Morgan fingerprint density at radius 3 is 2.70 bits per heavy atom. The third kappa shape index (κ3) is 3.76. The fourth-order valence-electron chi connectivity index (χ4n) is 2.87. The highest BCUT2D eigenvalue weighted by Crippen LogP contribution is 2.35. The Morgan fingerprint density at radius 2 is 1.96 bits per heavy atom. The number of carbonyl (C=O) groups excluding carboxylic acids is 1. The Bertz CT molecular complexity index is 556. The molecule has 0 spiro atoms. The van der Waals surface area contributed by atoms with E-state index in [1.54, 1.807) is 0 Å². The van der Waals surface area contributed by atoms with E-state index in [9.17, 15) is 4.79 Å². The summed E-state index contributed by atoms with van der Waals surface area (Å²) in [6, 6.07) is 6.12. The maximum absolute atomic E-state index is 11.9. The summed E-state index contributed by atoms with van der Waals surface area (Å²) in [6.07, 6.45) is 0. The summed E-state index contributed by atoms with van der Waals surface area (Å²) in [5.74, 6) is 1.61. The monoisotopic (exact) mass is 320 g/mol. The molecule has 0 aliphatic carbocycles. The Balaban J connectivity index is 1.77. The maximum Gasteiger partial charge on any atom is 0.231 e. The van der Waals surface area contributed by atoms with Crippen molar-refractivity contribution < 1.29 is 19.0 Å². The molecule has 0 unspecified atom stereocenters. The Labute approximate surface area is 136 Å². The van der Waals surface area contributed by atoms with Crippen LogP contribution in [-0.2, 0) is 9.53 Å². The molecule has 1 N–H and O–H groups in total. The summed E-state index contributed by atoms with van der Waals surface area (Å²) in [5.41, 5.74) is 1.13. The van der Waals surface area contributed by atoms with Crippen LogP contribution in [0.4, 0.5) is 0 Å². The molecule has 1 saturated heterocycles. The van der Waals surface area contributed by atoms with Crippen LogP contribution in [0.5, 0.6) is 11.5 Å². The second kappa shape index (κ2) is 7.19. The van der Waals surface area contributed by atoms with Gasteiger partial charge in [0, 0.05) is 25.6 Å². The molecular formula is C17H24N2O4. The largest absolute Gasteiger partial charge is 0.454 e. The molecule has 3 rings (SSSR count). The molecule has 1 aromatic rings. The third-order valence-electron chi connectivity index (χ3n) is 4.26. The second-order valence-corrected chi connectivity index (χ2v) is 6.18. The molecular weight excluding hydrogens is 296 g/mol. The highest BCUT2D eigenvalue weighted by atomic mass is 16.7. The Hall–Kier alpha value is -1.79. The van der Waals surface area contributed by atoms with Crippen molar-refractivity contribution in [3.05, 3.63) is 23.8 Å². The lowest BCUT2D eigenvalue weighted by Gasteiger charge is -2.35. The van der Waals surface area contributed by atoms with Gasteiger partial charge in [0.25, 0.3) is 0 Å². The first-order chi connectivity index (χ1) is 11.1. The Kier molecular flexibility index (Phi) is 5.03. The molecule has 0 saturated carbocycles. The lowest BCUT2D eigenvalue weighted by atomic mass is 10.0. The van der Waals surface area contributed by atoms with Crippen LogP contribution in [0.1, 0.15) is 25.5 Å². The second-order valence-electron chi connectivity index (χ2n) is 6.18. The zero-order valence-corrected chi connectivity index (χ0v) is 13.7. The van der Waals surface area contributed by atoms with E-state index in [1.807, 2.05) is 26.0 Å². The van der Waals surface area contributed by atoms with E-state index in [0.717, 1.165) is 43.4 Å². The molecule has 1 amide bonds. The van der Waals surface area contributed by atoms with Gasteiger partial charge in [-0.25, -0.2) is 0 Å². The van der Waals surface area contributed by atoms with Gasteiger partial charge < -0.3 is 19.5 Å². The number of carbonyl (C=O) groups is 1. The highest BCUT2D eigenvalue weighted by molar-refractivity contribution is 5.77. The smallest absolute Gasteiger partial charge is 0.231 e. The van der Waals surface area contributed by atoms with Crippen molar-refractivity contribution in [2.75, 3.05) is 39.6 Å². The van der Waals surface area contributed by atoms with Crippen LogP contribution in [0.3, 0.4) is 0 Å². The number of amides is 1. The normalized spacial score (nSPS) is 18.9. The van der Waals surface area contributed by atoms with E-state index in [-0.39, 0.29) is 24.7 Å². The number of ether oxygens (including phenoxy) is 3. The van der Waals surface area contributed by atoms with E-state index in [0.29, 0.717) is 6.54 Å². The number of benzene rings is 1. The summed E-state index contributed by atoms with van der Waals surface area (Å²) in [5, 5.41) is 3.05. The molecule has 1 fully saturated rings. The summed E-state index contributed by atoms with van der Waals surface area (Å²) >= 11 is 0. The van der Waals surface area contributed by atoms with Crippen molar-refractivity contribution in [3.8, 4) is 11.5 Å². The van der Waals surface area contributed by atoms with E-state index in [2.05, 4.69) is 16.3 Å². The molecule has 0 aromatic heterocycles. The standard InChI is InChI=1S/C17H24N2O4/c1-12(2)17(20)18-10-14(19-5-7-21-8-6-19)13-3-4-15-16(9-13)23-11-22-15/h3-4,9,12,14H,5-8,10-11H2,1-2H3,(H,18,20)/t14-/m1/s1. The van der Waals surface area contributed by atoms with Crippen LogP contribution in [0.25, 0.3) is 0 Å². The van der Waals surface area contributed by atoms with E-state index < -0.39 is 0 Å². The summed E-state index contributed by atoms with van der Waals surface area (Å²) in [7, 11) is 0. The topological polar surface area (TPSA) is 60.0 Å². The van der Waals surface area contributed by atoms with Crippen molar-refractivity contribution in [2.24, 2.45) is 5.92 Å². The van der Waals surface area contributed by atoms with E-state index in [4.69, 9.17) is 14.2 Å². The van der Waals surface area contributed by atoms with Crippen LogP contribution < -0.4 is 14.8 Å². The maximum atomic E-state index is 11.9. The van der Waals surface area contributed by atoms with Crippen molar-refractivity contribution in [1.29, 1.82) is 0 Å². The average molecular weight is 320 g/mol. The molecule has 1 atom stereocenters. The molecule has 6 nitrogen and oxygen atoms in total. The molecule has 2 heterocycles. The average Bonchev–Trinajstić information content (AvgIpc) is 3.03. The summed E-state index contributed by atoms with van der Waals surface area (Å²) < 4.78 is 16.3. The van der Waals surface area contributed by atoms with Crippen molar-refractivity contribution in [3.63, 3.8) is 0 Å². The zero-order chi connectivity index (χ0) is 16.2. The number of fused-ring (bicyclic) bond motifs is 1. The van der Waals surface area contributed by atoms with Gasteiger partial charge in [-0.1, -0.05) is 19.9 Å². The molecule has 0 radical (unpaired) electrons. The third-order valence-corrected chi connectivity index (χ3v) is 4.26. The summed E-state index contributed by atoms with van der Waals surface area (Å²) in [6.45, 7) is 7.81. The molecule has 1 aromatic carbocycles. The SMILES string of the molecule is CC(C)C(=O)NC[C@H](c1ccc2c(c1)OCO2)N1CCOCC1. The molecule has 2 aliphatic heterocycles. The minimum atomic E-state index is -0.0166. The number of morpholine rings is 1. The lowest BCUT2D eigenvalue weighted by molar-refractivity contribution is -0.124. The van der Waals surface area contributed by atoms with Gasteiger partial charge in [-0.2, -0.15) is 0 Å². The van der Waals surface area contributed by atoms with Crippen LogP contribution in [0, 0.1) is 5.92 Å². The first-order valence-corrected chi connectivity index (χ1v) is 8.14. The van der Waals surface area contributed by atoms with Crippen molar-refractivity contribution >= 4 is 5.91 Å². The lowest BCUT2D eigenvalue weighted by Crippen LogP contribution is -2.44. The zero-order valence-electron chi connectivity index (χ0n) is 13.7. The van der Waals surface area contributed by atoms with E-state index in [1.165, 1.54) is 0 Å². The van der Waals surface area contributed by atoms with Crippen LogP contribution in [0.2, 0.25) is 0 Å². The Morgan fingerprint density at radius 1 is 1.22 bits per heavy atom. The van der Waals surface area contributed by atoms with Crippen LogP contribution in [-0.4, -0.2) is 50.4 Å². The molecule has 23 heavy (non-hydrogen) atoms. The van der Waals surface area contributed by atoms with Gasteiger partial charge in [-0.15, -0.1) is 0 Å². The van der Waals surface area contributed by atoms with E-state index >= 15 is 0 Å².